The molecule has 3 aromatic heterocycles. The van der Waals surface area contributed by atoms with Crippen LogP contribution in [0.4, 0.5) is 17.5 Å². The molecule has 1 N–H and O–H groups in total. The Bertz CT molecular complexity index is 1640. The van der Waals surface area contributed by atoms with Gasteiger partial charge in [-0.1, -0.05) is 25.0 Å². The van der Waals surface area contributed by atoms with Gasteiger partial charge in [0.15, 0.2) is 5.78 Å². The molecule has 0 bridgehead atoms. The predicted molar refractivity (Wildman–Crippen MR) is 165 cm³/mol. The summed E-state index contributed by atoms with van der Waals surface area (Å²) >= 11 is 5.89. The van der Waals surface area contributed by atoms with Crippen LogP contribution in [0.5, 0.6) is 5.75 Å². The number of nitrogens with one attached hydrogen (secondary N) is 1. The summed E-state index contributed by atoms with van der Waals surface area (Å²) in [4.78, 5) is 42.0. The molecule has 42 heavy (non-hydrogen) atoms. The second kappa shape index (κ2) is 12.1. The van der Waals surface area contributed by atoms with Gasteiger partial charge in [0.05, 0.1) is 17.4 Å². The maximum Gasteiger partial charge on any atom is 0.263 e. The van der Waals surface area contributed by atoms with Gasteiger partial charge < -0.3 is 15.0 Å². The smallest absolute Gasteiger partial charge is 0.263 e. The number of rotatable bonds is 8. The molecular formula is C32H35ClN6O3. The second-order valence-corrected chi connectivity index (χ2v) is 11.5. The number of fused-ring (bicyclic) bond motifs is 1. The fraction of sp³-hybridized carbons (Fsp3) is 0.406. The Kier molecular flexibility index (Phi) is 8.11. The first-order valence-electron chi connectivity index (χ1n) is 14.6. The average Bonchev–Trinajstić information content (AvgIpc) is 3.53. The fourth-order valence-electron chi connectivity index (χ4n) is 6.15. The van der Waals surface area contributed by atoms with E-state index in [1.165, 1.54) is 6.92 Å². The number of ether oxygens (including phenoxy) is 1. The van der Waals surface area contributed by atoms with Crippen molar-refractivity contribution in [1.82, 2.24) is 19.5 Å². The van der Waals surface area contributed by atoms with Gasteiger partial charge in [-0.2, -0.15) is 4.98 Å². The predicted octanol–water partition coefficient (Wildman–Crippen LogP) is 6.34. The molecule has 1 aromatic carbocycles. The molecule has 1 aliphatic carbocycles. The van der Waals surface area contributed by atoms with E-state index in [0.717, 1.165) is 74.0 Å². The summed E-state index contributed by atoms with van der Waals surface area (Å²) in [7, 11) is 0. The van der Waals surface area contributed by atoms with Crippen molar-refractivity contribution in [2.24, 2.45) is 0 Å². The van der Waals surface area contributed by atoms with Gasteiger partial charge in [0.1, 0.15) is 23.3 Å². The zero-order chi connectivity index (χ0) is 29.2. The van der Waals surface area contributed by atoms with Crippen LogP contribution in [-0.2, 0) is 5.88 Å². The van der Waals surface area contributed by atoms with Crippen LogP contribution >= 0.6 is 11.6 Å². The van der Waals surface area contributed by atoms with Crippen molar-refractivity contribution < 1.29 is 9.53 Å². The van der Waals surface area contributed by atoms with Crippen LogP contribution in [0, 0.1) is 6.92 Å². The SMILES string of the molecule is CC(=O)c1c(C)c2cnc(Nc3ccc(N4CCC(Oc5ccc(CCl)cc5)CC4)cn3)nc2n(C2CCCC2)c1=O. The number of aromatic nitrogens is 4. The molecule has 6 rings (SSSR count). The van der Waals surface area contributed by atoms with Gasteiger partial charge in [0.2, 0.25) is 5.95 Å². The standard InChI is InChI=1S/C32H35ClN6O3/c1-20-27-19-35-32(37-30(27)39(23-5-3-4-6-23)31(41)29(20)21(2)40)36-28-12-9-24(18-34-28)38-15-13-26(14-16-38)42-25-10-7-22(17-33)8-11-25/h7-12,18-19,23,26H,3-6,13-17H2,1-2H3,(H,34,35,36,37). The number of pyridine rings is 2. The van der Waals surface area contributed by atoms with Gasteiger partial charge in [-0.15, -0.1) is 11.6 Å². The van der Waals surface area contributed by atoms with E-state index in [2.05, 4.69) is 20.2 Å². The van der Waals surface area contributed by atoms with Crippen LogP contribution in [0.3, 0.4) is 0 Å². The monoisotopic (exact) mass is 586 g/mol. The first-order chi connectivity index (χ1) is 20.4. The third kappa shape index (κ3) is 5.70. The third-order valence-electron chi connectivity index (χ3n) is 8.43. The van der Waals surface area contributed by atoms with Crippen LogP contribution in [-0.4, -0.2) is 44.5 Å². The number of carbonyl (C=O) groups excluding carboxylic acids is 1. The summed E-state index contributed by atoms with van der Waals surface area (Å²) in [5.41, 5.74) is 3.29. The molecule has 9 nitrogen and oxygen atoms in total. The van der Waals surface area contributed by atoms with Gasteiger partial charge in [0, 0.05) is 49.4 Å². The number of benzene rings is 1. The molecule has 2 fully saturated rings. The zero-order valence-electron chi connectivity index (χ0n) is 24.0. The number of aryl methyl sites for hydroxylation is 1. The van der Waals surface area contributed by atoms with Crippen LogP contribution < -0.4 is 20.5 Å². The molecule has 218 valence electrons. The topological polar surface area (TPSA) is 102 Å². The molecule has 4 heterocycles. The van der Waals surface area contributed by atoms with Crippen LogP contribution in [0.2, 0.25) is 0 Å². The van der Waals surface area contributed by atoms with E-state index in [1.54, 1.807) is 17.7 Å². The summed E-state index contributed by atoms with van der Waals surface area (Å²) in [6, 6.07) is 12.0. The van der Waals surface area contributed by atoms with Gasteiger partial charge >= 0.3 is 0 Å². The minimum atomic E-state index is -0.259. The van der Waals surface area contributed by atoms with Crippen LogP contribution in [0.25, 0.3) is 11.0 Å². The maximum absolute atomic E-state index is 13.5. The molecule has 1 saturated carbocycles. The molecule has 10 heteroatoms. The first kappa shape index (κ1) is 28.2. The summed E-state index contributed by atoms with van der Waals surface area (Å²) in [5, 5.41) is 3.92. The van der Waals surface area contributed by atoms with E-state index in [9.17, 15) is 9.59 Å². The molecule has 4 aromatic rings. The van der Waals surface area contributed by atoms with Crippen molar-refractivity contribution in [2.75, 3.05) is 23.3 Å². The van der Waals surface area contributed by atoms with Crippen molar-refractivity contribution in [1.29, 1.82) is 0 Å². The minimum Gasteiger partial charge on any atom is -0.490 e. The normalized spacial score (nSPS) is 16.2. The van der Waals surface area contributed by atoms with Gasteiger partial charge in [-0.3, -0.25) is 14.2 Å². The molecule has 1 saturated heterocycles. The van der Waals surface area contributed by atoms with Crippen LogP contribution in [0.15, 0.2) is 53.6 Å². The maximum atomic E-state index is 13.5. The van der Waals surface area contributed by atoms with Crippen molar-refractivity contribution in [3.05, 3.63) is 75.8 Å². The molecule has 0 atom stereocenters. The van der Waals surface area contributed by atoms with Crippen LogP contribution in [0.1, 0.15) is 73.0 Å². The van der Waals surface area contributed by atoms with Crippen molar-refractivity contribution in [3.8, 4) is 5.75 Å². The summed E-state index contributed by atoms with van der Waals surface area (Å²) < 4.78 is 7.90. The number of Topliss-reactive ketones (excluding diaryl/α,β-unsaturated/α-hetero) is 1. The number of hydrogen-bond acceptors (Lipinski definition) is 8. The lowest BCUT2D eigenvalue weighted by Crippen LogP contribution is -2.38. The second-order valence-electron chi connectivity index (χ2n) is 11.2. The Morgan fingerprint density at radius 3 is 2.40 bits per heavy atom. The van der Waals surface area contributed by atoms with Crippen molar-refractivity contribution in [3.63, 3.8) is 0 Å². The van der Waals surface area contributed by atoms with E-state index < -0.39 is 0 Å². The molecular weight excluding hydrogens is 552 g/mol. The Labute approximate surface area is 249 Å². The van der Waals surface area contributed by atoms with Gasteiger partial charge in [-0.05, 0) is 62.1 Å². The Morgan fingerprint density at radius 2 is 1.76 bits per heavy atom. The minimum absolute atomic E-state index is 0.0323. The zero-order valence-corrected chi connectivity index (χ0v) is 24.7. The lowest BCUT2D eigenvalue weighted by molar-refractivity contribution is 0.101. The number of piperidine rings is 1. The Hall–Kier alpha value is -3.98. The number of ketones is 1. The molecule has 0 spiro atoms. The summed E-state index contributed by atoms with van der Waals surface area (Å²) in [6.07, 6.45) is 9.50. The first-order valence-corrected chi connectivity index (χ1v) is 15.2. The van der Waals surface area contributed by atoms with Crippen molar-refractivity contribution in [2.45, 2.75) is 70.4 Å². The van der Waals surface area contributed by atoms with E-state index in [0.29, 0.717) is 28.9 Å². The average molecular weight is 587 g/mol. The molecule has 1 aliphatic heterocycles. The quantitative estimate of drug-likeness (QED) is 0.188. The number of carbonyl (C=O) groups is 1. The molecule has 0 radical (unpaired) electrons. The van der Waals surface area contributed by atoms with Gasteiger partial charge in [-0.25, -0.2) is 9.97 Å². The third-order valence-corrected chi connectivity index (χ3v) is 8.73. The highest BCUT2D eigenvalue weighted by atomic mass is 35.5. The van der Waals surface area contributed by atoms with Gasteiger partial charge in [0.25, 0.3) is 5.56 Å². The highest BCUT2D eigenvalue weighted by molar-refractivity contribution is 6.17. The number of hydrogen-bond donors (Lipinski definition) is 1. The molecule has 2 aliphatic rings. The van der Waals surface area contributed by atoms with E-state index in [1.807, 2.05) is 42.6 Å². The van der Waals surface area contributed by atoms with E-state index >= 15 is 0 Å². The lowest BCUT2D eigenvalue weighted by Gasteiger charge is -2.33. The highest BCUT2D eigenvalue weighted by Gasteiger charge is 2.26. The molecule has 0 unspecified atom stereocenters. The summed E-state index contributed by atoms with van der Waals surface area (Å²) in [5.74, 6) is 2.13. The number of nitrogens with zero attached hydrogens (tertiary/aromatic N) is 5. The van der Waals surface area contributed by atoms with Crippen molar-refractivity contribution >= 4 is 45.9 Å². The largest absolute Gasteiger partial charge is 0.490 e. The fourth-order valence-corrected chi connectivity index (χ4v) is 6.33. The summed E-state index contributed by atoms with van der Waals surface area (Å²) in [6.45, 7) is 5.00. The van der Waals surface area contributed by atoms with E-state index in [4.69, 9.17) is 21.3 Å². The van der Waals surface area contributed by atoms with E-state index in [-0.39, 0.29) is 29.1 Å². The molecule has 0 amide bonds. The Morgan fingerprint density at radius 1 is 1.02 bits per heavy atom. The highest BCUT2D eigenvalue weighted by Crippen LogP contribution is 2.32. The number of alkyl halides is 1. The lowest BCUT2D eigenvalue weighted by atomic mass is 10.0. The number of halogens is 1. The Balaban J connectivity index is 1.15. The number of anilines is 3.